The smallest absolute Gasteiger partial charge is 0.294 e. The number of hydrogen-bond acceptors (Lipinski definition) is 7. The first-order chi connectivity index (χ1) is 16.0. The van der Waals surface area contributed by atoms with Gasteiger partial charge in [0, 0.05) is 23.7 Å². The molecule has 8 heteroatoms. The first-order valence-electron chi connectivity index (χ1n) is 12.2. The van der Waals surface area contributed by atoms with Crippen molar-refractivity contribution in [2.45, 2.75) is 59.0 Å². The molecule has 3 fully saturated rings. The number of carbonyl (C=O) groups excluding carboxylic acids is 2. The van der Waals surface area contributed by atoms with Crippen molar-refractivity contribution in [1.29, 1.82) is 0 Å². The molecule has 8 nitrogen and oxygen atoms in total. The van der Waals surface area contributed by atoms with Gasteiger partial charge >= 0.3 is 0 Å². The van der Waals surface area contributed by atoms with Crippen LogP contribution in [0.5, 0.6) is 0 Å². The van der Waals surface area contributed by atoms with E-state index in [4.69, 9.17) is 4.74 Å². The third-order valence-corrected chi connectivity index (χ3v) is 9.18. The van der Waals surface area contributed by atoms with Crippen molar-refractivity contribution < 1.29 is 29.4 Å². The van der Waals surface area contributed by atoms with Crippen molar-refractivity contribution in [2.24, 2.45) is 40.4 Å². The quantitative estimate of drug-likeness (QED) is 0.324. The fourth-order valence-electron chi connectivity index (χ4n) is 7.95. The standard InChI is InChI=1S/C26H35NO7/c1-15-11-20-19-6-5-17-12-18(28)7-9-25(17,3)24(19)21(29)13-26(20,4)23(15)22(30)14-33-16(2)8-10-34-27(31)32/h7,9,12,15,19-21,23-24,29H,2,5-6,8,10-11,13-14H2,1,3-4H3. The lowest BCUT2D eigenvalue weighted by Gasteiger charge is -2.58. The Morgan fingerprint density at radius 3 is 2.82 bits per heavy atom. The van der Waals surface area contributed by atoms with Crippen LogP contribution in [0.4, 0.5) is 0 Å². The van der Waals surface area contributed by atoms with Crippen LogP contribution >= 0.6 is 0 Å². The summed E-state index contributed by atoms with van der Waals surface area (Å²) in [5.41, 5.74) is 0.466. The van der Waals surface area contributed by atoms with E-state index in [0.717, 1.165) is 24.8 Å². The highest BCUT2D eigenvalue weighted by Gasteiger charge is 2.64. The van der Waals surface area contributed by atoms with E-state index in [9.17, 15) is 24.8 Å². The molecule has 0 heterocycles. The number of aliphatic hydroxyl groups excluding tert-OH is 1. The molecule has 8 atom stereocenters. The Morgan fingerprint density at radius 2 is 2.12 bits per heavy atom. The van der Waals surface area contributed by atoms with E-state index in [1.807, 2.05) is 6.08 Å². The number of ketones is 2. The van der Waals surface area contributed by atoms with Crippen molar-refractivity contribution in [3.05, 3.63) is 46.3 Å². The Morgan fingerprint density at radius 1 is 1.38 bits per heavy atom. The van der Waals surface area contributed by atoms with Gasteiger partial charge in [0.15, 0.2) is 11.6 Å². The maximum atomic E-state index is 13.4. The highest BCUT2D eigenvalue weighted by atomic mass is 16.9. The van der Waals surface area contributed by atoms with E-state index < -0.39 is 11.2 Å². The Kier molecular flexibility index (Phi) is 6.48. The predicted octanol–water partition coefficient (Wildman–Crippen LogP) is 3.83. The zero-order valence-electron chi connectivity index (χ0n) is 20.2. The van der Waals surface area contributed by atoms with E-state index in [1.165, 1.54) is 0 Å². The van der Waals surface area contributed by atoms with E-state index >= 15 is 0 Å². The van der Waals surface area contributed by atoms with Crippen LogP contribution in [0.3, 0.4) is 0 Å². The number of fused-ring (bicyclic) bond motifs is 5. The number of hydrogen-bond donors (Lipinski definition) is 1. The normalized spacial score (nSPS) is 40.5. The van der Waals surface area contributed by atoms with Crippen LogP contribution in [0.25, 0.3) is 0 Å². The van der Waals surface area contributed by atoms with E-state index in [0.29, 0.717) is 12.3 Å². The lowest BCUT2D eigenvalue weighted by atomic mass is 9.46. The zero-order valence-corrected chi connectivity index (χ0v) is 20.2. The predicted molar refractivity (Wildman–Crippen MR) is 124 cm³/mol. The molecule has 0 spiro atoms. The number of aliphatic hydroxyl groups is 1. The molecule has 186 valence electrons. The second kappa shape index (κ2) is 8.95. The molecule has 4 aliphatic rings. The molecule has 4 rings (SSSR count). The zero-order chi connectivity index (χ0) is 24.8. The van der Waals surface area contributed by atoms with Gasteiger partial charge in [0.25, 0.3) is 5.09 Å². The van der Waals surface area contributed by atoms with Crippen molar-refractivity contribution in [3.8, 4) is 0 Å². The van der Waals surface area contributed by atoms with Gasteiger partial charge < -0.3 is 14.7 Å². The van der Waals surface area contributed by atoms with Gasteiger partial charge in [-0.05, 0) is 61.0 Å². The van der Waals surface area contributed by atoms with Gasteiger partial charge in [-0.1, -0.05) is 39.0 Å². The van der Waals surface area contributed by atoms with Crippen LogP contribution in [0.15, 0.2) is 36.1 Å². The van der Waals surface area contributed by atoms with E-state index in [2.05, 4.69) is 32.2 Å². The molecule has 0 aromatic carbocycles. The van der Waals surface area contributed by atoms with Gasteiger partial charge in [0.2, 0.25) is 0 Å². The average Bonchev–Trinajstić information content (AvgIpc) is 3.01. The Labute approximate surface area is 200 Å². The molecule has 1 N–H and O–H groups in total. The molecule has 8 unspecified atom stereocenters. The third kappa shape index (κ3) is 4.10. The fourth-order valence-corrected chi connectivity index (χ4v) is 7.95. The Balaban J connectivity index is 1.48. The van der Waals surface area contributed by atoms with Crippen molar-refractivity contribution in [2.75, 3.05) is 13.2 Å². The maximum absolute atomic E-state index is 13.4. The van der Waals surface area contributed by atoms with Gasteiger partial charge in [0.05, 0.1) is 11.9 Å². The SMILES string of the molecule is C=C(CCO[N+](=O)[O-])OCC(=O)C1C(C)CC2C3CCC4=CC(=O)C=CC4(C)C3C(O)CC21C. The van der Waals surface area contributed by atoms with Gasteiger partial charge in [-0.15, -0.1) is 10.1 Å². The summed E-state index contributed by atoms with van der Waals surface area (Å²) in [6.07, 6.45) is 8.19. The van der Waals surface area contributed by atoms with E-state index in [1.54, 1.807) is 12.2 Å². The number of ether oxygens (including phenoxy) is 1. The first kappa shape index (κ1) is 24.6. The molecule has 0 bridgehead atoms. The topological polar surface area (TPSA) is 116 Å². The van der Waals surface area contributed by atoms with Crippen molar-refractivity contribution in [1.82, 2.24) is 0 Å². The summed E-state index contributed by atoms with van der Waals surface area (Å²) in [5.74, 6) is 0.853. The summed E-state index contributed by atoms with van der Waals surface area (Å²) >= 11 is 0. The summed E-state index contributed by atoms with van der Waals surface area (Å²) in [5, 5.41) is 20.9. The highest BCUT2D eigenvalue weighted by Crippen LogP contribution is 2.67. The largest absolute Gasteiger partial charge is 0.491 e. The molecule has 34 heavy (non-hydrogen) atoms. The lowest BCUT2D eigenvalue weighted by Crippen LogP contribution is -2.56. The number of Topliss-reactive ketones (excluding diaryl/α,β-unsaturated/α-hetero) is 1. The summed E-state index contributed by atoms with van der Waals surface area (Å²) in [6, 6.07) is 0. The molecule has 3 saturated carbocycles. The number of carbonyl (C=O) groups is 2. The number of allylic oxidation sites excluding steroid dienone is 4. The summed E-state index contributed by atoms with van der Waals surface area (Å²) in [6.45, 7) is 9.85. The summed E-state index contributed by atoms with van der Waals surface area (Å²) in [4.78, 5) is 39.9. The van der Waals surface area contributed by atoms with Gasteiger partial charge in [-0.25, -0.2) is 0 Å². The van der Waals surface area contributed by atoms with E-state index in [-0.39, 0.29) is 71.5 Å². The number of nitrogens with zero attached hydrogens (tertiary/aromatic N) is 1. The highest BCUT2D eigenvalue weighted by molar-refractivity contribution is 6.01. The second-order valence-electron chi connectivity index (χ2n) is 11.1. The molecule has 0 aromatic heterocycles. The molecule has 0 aliphatic heterocycles. The Hall–Kier alpha value is -2.48. The van der Waals surface area contributed by atoms with Crippen LogP contribution in [0.1, 0.15) is 52.9 Å². The minimum Gasteiger partial charge on any atom is -0.491 e. The molecular weight excluding hydrogens is 438 g/mol. The average molecular weight is 474 g/mol. The molecule has 4 aliphatic carbocycles. The van der Waals surface area contributed by atoms with Crippen molar-refractivity contribution >= 4 is 11.6 Å². The maximum Gasteiger partial charge on any atom is 0.294 e. The number of rotatable bonds is 8. The van der Waals surface area contributed by atoms with Crippen LogP contribution in [0, 0.1) is 50.5 Å². The van der Waals surface area contributed by atoms with Crippen LogP contribution in [0.2, 0.25) is 0 Å². The minimum absolute atomic E-state index is 0.00902. The molecule has 0 amide bonds. The minimum atomic E-state index is -0.868. The Bertz CT molecular complexity index is 955. The van der Waals surface area contributed by atoms with Gasteiger partial charge in [-0.3, -0.25) is 9.59 Å². The lowest BCUT2D eigenvalue weighted by molar-refractivity contribution is -0.757. The van der Waals surface area contributed by atoms with Crippen LogP contribution in [-0.4, -0.2) is 41.1 Å². The van der Waals surface area contributed by atoms with Crippen LogP contribution < -0.4 is 0 Å². The first-order valence-corrected chi connectivity index (χ1v) is 12.2. The van der Waals surface area contributed by atoms with Crippen LogP contribution in [-0.2, 0) is 19.2 Å². The summed E-state index contributed by atoms with van der Waals surface area (Å²) in [7, 11) is 0. The molecule has 0 aromatic rings. The summed E-state index contributed by atoms with van der Waals surface area (Å²) < 4.78 is 5.54. The molecular formula is C26H35NO7. The molecule has 0 saturated heterocycles. The van der Waals surface area contributed by atoms with Gasteiger partial charge in [0.1, 0.15) is 13.2 Å². The van der Waals surface area contributed by atoms with Gasteiger partial charge in [-0.2, -0.15) is 0 Å². The monoisotopic (exact) mass is 473 g/mol. The molecule has 0 radical (unpaired) electrons. The fraction of sp³-hybridized carbons (Fsp3) is 0.692. The second-order valence-corrected chi connectivity index (χ2v) is 11.1. The third-order valence-electron chi connectivity index (χ3n) is 9.18. The van der Waals surface area contributed by atoms with Crippen molar-refractivity contribution in [3.63, 3.8) is 0 Å².